The van der Waals surface area contributed by atoms with Gasteiger partial charge in [-0.05, 0) is 44.9 Å². The lowest BCUT2D eigenvalue weighted by molar-refractivity contribution is -0.143. The first-order valence-corrected chi connectivity index (χ1v) is 7.41. The van der Waals surface area contributed by atoms with E-state index in [2.05, 4.69) is 0 Å². The number of carbonyl (C=O) groups is 2. The Morgan fingerprint density at radius 3 is 2.47 bits per heavy atom. The standard InChI is InChI=1S/C14H24N2O3/c1-2-15(10-11-6-5-7-11)14(19)16-9-4-3-8-12(16)13(17)18/h11-12H,2-10H2,1H3,(H,17,18). The van der Waals surface area contributed by atoms with E-state index in [9.17, 15) is 14.7 Å². The summed E-state index contributed by atoms with van der Waals surface area (Å²) in [6.45, 7) is 4.00. The summed E-state index contributed by atoms with van der Waals surface area (Å²) in [4.78, 5) is 27.2. The molecule has 2 aliphatic rings. The third kappa shape index (κ3) is 3.19. The summed E-state index contributed by atoms with van der Waals surface area (Å²) >= 11 is 0. The van der Waals surface area contributed by atoms with Crippen LogP contribution in [0.3, 0.4) is 0 Å². The Labute approximate surface area is 114 Å². The Morgan fingerprint density at radius 1 is 1.21 bits per heavy atom. The van der Waals surface area contributed by atoms with Crippen LogP contribution >= 0.6 is 0 Å². The van der Waals surface area contributed by atoms with Gasteiger partial charge in [0.2, 0.25) is 0 Å². The van der Waals surface area contributed by atoms with Crippen LogP contribution in [0.4, 0.5) is 4.79 Å². The molecule has 0 spiro atoms. The molecule has 1 aliphatic heterocycles. The molecule has 5 nitrogen and oxygen atoms in total. The lowest BCUT2D eigenvalue weighted by Gasteiger charge is -2.39. The third-order valence-electron chi connectivity index (χ3n) is 4.39. The van der Waals surface area contributed by atoms with Crippen molar-refractivity contribution in [3.05, 3.63) is 0 Å². The van der Waals surface area contributed by atoms with E-state index in [4.69, 9.17) is 0 Å². The van der Waals surface area contributed by atoms with Crippen LogP contribution in [-0.4, -0.2) is 52.6 Å². The number of piperidine rings is 1. The number of rotatable bonds is 4. The van der Waals surface area contributed by atoms with Gasteiger partial charge < -0.3 is 14.9 Å². The van der Waals surface area contributed by atoms with Gasteiger partial charge in [-0.3, -0.25) is 0 Å². The average molecular weight is 268 g/mol. The summed E-state index contributed by atoms with van der Waals surface area (Å²) in [6.07, 6.45) is 6.06. The predicted octanol–water partition coefficient (Wildman–Crippen LogP) is 2.17. The maximum atomic E-state index is 12.5. The van der Waals surface area contributed by atoms with Crippen LogP contribution < -0.4 is 0 Å². The van der Waals surface area contributed by atoms with Gasteiger partial charge in [-0.25, -0.2) is 9.59 Å². The van der Waals surface area contributed by atoms with Crippen molar-refractivity contribution in [2.45, 2.75) is 51.5 Å². The van der Waals surface area contributed by atoms with Gasteiger partial charge in [0, 0.05) is 19.6 Å². The van der Waals surface area contributed by atoms with Crippen molar-refractivity contribution in [3.63, 3.8) is 0 Å². The molecule has 1 unspecified atom stereocenters. The van der Waals surface area contributed by atoms with E-state index in [-0.39, 0.29) is 6.03 Å². The van der Waals surface area contributed by atoms with Gasteiger partial charge in [0.05, 0.1) is 0 Å². The number of hydrogen-bond donors (Lipinski definition) is 1. The highest BCUT2D eigenvalue weighted by atomic mass is 16.4. The molecule has 0 aromatic heterocycles. The van der Waals surface area contributed by atoms with Crippen LogP contribution in [0.25, 0.3) is 0 Å². The molecule has 108 valence electrons. The summed E-state index contributed by atoms with van der Waals surface area (Å²) in [5.41, 5.74) is 0. The first-order chi connectivity index (χ1) is 9.13. The van der Waals surface area contributed by atoms with Crippen molar-refractivity contribution < 1.29 is 14.7 Å². The second kappa shape index (κ2) is 6.26. The predicted molar refractivity (Wildman–Crippen MR) is 72.0 cm³/mol. The molecular weight excluding hydrogens is 244 g/mol. The fourth-order valence-corrected chi connectivity index (χ4v) is 2.93. The lowest BCUT2D eigenvalue weighted by Crippen LogP contribution is -2.54. The Morgan fingerprint density at radius 2 is 1.95 bits per heavy atom. The molecule has 1 N–H and O–H groups in total. The van der Waals surface area contributed by atoms with E-state index in [0.717, 1.165) is 19.4 Å². The molecule has 0 bridgehead atoms. The van der Waals surface area contributed by atoms with Crippen LogP contribution in [0.1, 0.15) is 45.4 Å². The Kier molecular flexibility index (Phi) is 4.66. The number of hydrogen-bond acceptors (Lipinski definition) is 2. The zero-order valence-electron chi connectivity index (χ0n) is 11.7. The fourth-order valence-electron chi connectivity index (χ4n) is 2.93. The number of amides is 2. The zero-order chi connectivity index (χ0) is 13.8. The van der Waals surface area contributed by atoms with E-state index in [1.54, 1.807) is 4.90 Å². The summed E-state index contributed by atoms with van der Waals surface area (Å²) in [7, 11) is 0. The molecule has 2 rings (SSSR count). The largest absolute Gasteiger partial charge is 0.480 e. The number of urea groups is 1. The number of likely N-dealkylation sites (tertiary alicyclic amines) is 1. The van der Waals surface area contributed by atoms with Crippen LogP contribution in [0, 0.1) is 5.92 Å². The van der Waals surface area contributed by atoms with Gasteiger partial charge in [-0.1, -0.05) is 6.42 Å². The summed E-state index contributed by atoms with van der Waals surface area (Å²) < 4.78 is 0. The molecule has 1 aliphatic carbocycles. The molecule has 19 heavy (non-hydrogen) atoms. The topological polar surface area (TPSA) is 60.9 Å². The van der Waals surface area contributed by atoms with E-state index in [0.29, 0.717) is 25.4 Å². The number of nitrogens with zero attached hydrogens (tertiary/aromatic N) is 2. The van der Waals surface area contributed by atoms with Crippen LogP contribution in [0.2, 0.25) is 0 Å². The van der Waals surface area contributed by atoms with Gasteiger partial charge in [-0.2, -0.15) is 0 Å². The Balaban J connectivity index is 1.99. The number of carboxylic acids is 1. The summed E-state index contributed by atoms with van der Waals surface area (Å²) in [5, 5.41) is 9.24. The van der Waals surface area contributed by atoms with Crippen molar-refractivity contribution in [3.8, 4) is 0 Å². The van der Waals surface area contributed by atoms with Gasteiger partial charge in [0.25, 0.3) is 0 Å². The van der Waals surface area contributed by atoms with Crippen molar-refractivity contribution in [1.82, 2.24) is 9.80 Å². The fraction of sp³-hybridized carbons (Fsp3) is 0.857. The molecule has 2 amide bonds. The maximum absolute atomic E-state index is 12.5. The second-order valence-electron chi connectivity index (χ2n) is 5.66. The van der Waals surface area contributed by atoms with Crippen LogP contribution in [0.5, 0.6) is 0 Å². The molecule has 5 heteroatoms. The first kappa shape index (κ1) is 14.2. The molecule has 0 aromatic carbocycles. The van der Waals surface area contributed by atoms with Crippen molar-refractivity contribution >= 4 is 12.0 Å². The maximum Gasteiger partial charge on any atom is 0.326 e. The smallest absolute Gasteiger partial charge is 0.326 e. The average Bonchev–Trinajstić information content (AvgIpc) is 2.37. The van der Waals surface area contributed by atoms with E-state index in [1.807, 2.05) is 11.8 Å². The Hall–Kier alpha value is -1.26. The van der Waals surface area contributed by atoms with Crippen molar-refractivity contribution in [2.24, 2.45) is 5.92 Å². The molecular formula is C14H24N2O3. The monoisotopic (exact) mass is 268 g/mol. The van der Waals surface area contributed by atoms with E-state index < -0.39 is 12.0 Å². The highest BCUT2D eigenvalue weighted by molar-refractivity contribution is 5.83. The van der Waals surface area contributed by atoms with Gasteiger partial charge in [0.15, 0.2) is 0 Å². The lowest BCUT2D eigenvalue weighted by atomic mass is 9.85. The quantitative estimate of drug-likeness (QED) is 0.850. The zero-order valence-corrected chi connectivity index (χ0v) is 11.7. The molecule has 1 heterocycles. The first-order valence-electron chi connectivity index (χ1n) is 7.41. The van der Waals surface area contributed by atoms with Crippen LogP contribution in [-0.2, 0) is 4.79 Å². The van der Waals surface area contributed by atoms with Crippen molar-refractivity contribution in [2.75, 3.05) is 19.6 Å². The Bertz CT molecular complexity index is 342. The van der Waals surface area contributed by atoms with Crippen LogP contribution in [0.15, 0.2) is 0 Å². The molecule has 1 saturated heterocycles. The van der Waals surface area contributed by atoms with Crippen molar-refractivity contribution in [1.29, 1.82) is 0 Å². The van der Waals surface area contributed by atoms with Gasteiger partial charge in [0.1, 0.15) is 6.04 Å². The van der Waals surface area contributed by atoms with Gasteiger partial charge >= 0.3 is 12.0 Å². The number of carboxylic acid groups (broad SMARTS) is 1. The van der Waals surface area contributed by atoms with E-state index in [1.165, 1.54) is 19.3 Å². The number of carbonyl (C=O) groups excluding carboxylic acids is 1. The van der Waals surface area contributed by atoms with E-state index >= 15 is 0 Å². The summed E-state index contributed by atoms with van der Waals surface area (Å²) in [6, 6.07) is -0.710. The second-order valence-corrected chi connectivity index (χ2v) is 5.66. The molecule has 1 saturated carbocycles. The molecule has 0 radical (unpaired) electrons. The SMILES string of the molecule is CCN(CC1CCC1)C(=O)N1CCCCC1C(=O)O. The minimum atomic E-state index is -0.868. The molecule has 0 aromatic rings. The normalized spacial score (nSPS) is 23.8. The summed E-state index contributed by atoms with van der Waals surface area (Å²) in [5.74, 6) is -0.246. The minimum absolute atomic E-state index is 0.0819. The highest BCUT2D eigenvalue weighted by Crippen LogP contribution is 2.28. The minimum Gasteiger partial charge on any atom is -0.480 e. The molecule has 1 atom stereocenters. The third-order valence-corrected chi connectivity index (χ3v) is 4.39. The highest BCUT2D eigenvalue weighted by Gasteiger charge is 2.34. The molecule has 2 fully saturated rings. The number of aliphatic carboxylic acids is 1. The van der Waals surface area contributed by atoms with Gasteiger partial charge in [-0.15, -0.1) is 0 Å².